The van der Waals surface area contributed by atoms with Crippen LogP contribution in [0.5, 0.6) is 11.5 Å². The van der Waals surface area contributed by atoms with Crippen LogP contribution in [0.3, 0.4) is 0 Å². The van der Waals surface area contributed by atoms with Crippen molar-refractivity contribution in [2.75, 3.05) is 27.4 Å². The Labute approximate surface area is 158 Å². The van der Waals surface area contributed by atoms with Crippen molar-refractivity contribution >= 4 is 17.2 Å². The Bertz CT molecular complexity index is 685. The Kier molecular flexibility index (Phi) is 7.87. The SMILES string of the molecule is COCC(=O)N(Cc1csc(COc2ccc(OC)cc2)n1)CC(C)C. The lowest BCUT2D eigenvalue weighted by atomic mass is 10.2. The Balaban J connectivity index is 1.93. The van der Waals surface area contributed by atoms with E-state index >= 15 is 0 Å². The van der Waals surface area contributed by atoms with E-state index in [1.165, 1.54) is 18.4 Å². The van der Waals surface area contributed by atoms with Crippen molar-refractivity contribution in [2.24, 2.45) is 5.92 Å². The molecule has 1 aromatic heterocycles. The fourth-order valence-corrected chi connectivity index (χ4v) is 3.11. The summed E-state index contributed by atoms with van der Waals surface area (Å²) < 4.78 is 15.9. The molecule has 26 heavy (non-hydrogen) atoms. The number of nitrogens with zero attached hydrogens (tertiary/aromatic N) is 2. The lowest BCUT2D eigenvalue weighted by Crippen LogP contribution is -2.36. The van der Waals surface area contributed by atoms with Gasteiger partial charge < -0.3 is 19.1 Å². The Morgan fingerprint density at radius 1 is 1.19 bits per heavy atom. The third kappa shape index (κ3) is 6.31. The second-order valence-corrected chi connectivity index (χ2v) is 7.24. The number of benzene rings is 1. The number of ether oxygens (including phenoxy) is 3. The van der Waals surface area contributed by atoms with Crippen molar-refractivity contribution in [3.05, 3.63) is 40.3 Å². The van der Waals surface area contributed by atoms with Gasteiger partial charge in [0.1, 0.15) is 29.7 Å². The number of aromatic nitrogens is 1. The van der Waals surface area contributed by atoms with E-state index in [1.54, 1.807) is 12.0 Å². The molecule has 0 bridgehead atoms. The van der Waals surface area contributed by atoms with Gasteiger partial charge in [0.05, 0.1) is 19.3 Å². The molecule has 0 saturated carbocycles. The van der Waals surface area contributed by atoms with E-state index in [-0.39, 0.29) is 12.5 Å². The van der Waals surface area contributed by atoms with Crippen LogP contribution in [0.15, 0.2) is 29.6 Å². The Morgan fingerprint density at radius 3 is 2.50 bits per heavy atom. The monoisotopic (exact) mass is 378 g/mol. The molecule has 0 saturated heterocycles. The number of carbonyl (C=O) groups excluding carboxylic acids is 1. The minimum atomic E-state index is -0.0229. The summed E-state index contributed by atoms with van der Waals surface area (Å²) in [6.07, 6.45) is 0. The van der Waals surface area contributed by atoms with Gasteiger partial charge in [0.2, 0.25) is 5.91 Å². The average molecular weight is 378 g/mol. The molecule has 0 aliphatic heterocycles. The van der Waals surface area contributed by atoms with Crippen LogP contribution in [-0.2, 0) is 22.7 Å². The minimum Gasteiger partial charge on any atom is -0.497 e. The van der Waals surface area contributed by atoms with E-state index in [4.69, 9.17) is 14.2 Å². The van der Waals surface area contributed by atoms with E-state index in [0.29, 0.717) is 25.6 Å². The average Bonchev–Trinajstić information content (AvgIpc) is 3.07. The largest absolute Gasteiger partial charge is 0.497 e. The van der Waals surface area contributed by atoms with Gasteiger partial charge in [0, 0.05) is 19.0 Å². The molecule has 2 aromatic rings. The van der Waals surface area contributed by atoms with Gasteiger partial charge in [-0.25, -0.2) is 4.98 Å². The van der Waals surface area contributed by atoms with Crippen LogP contribution in [0.2, 0.25) is 0 Å². The summed E-state index contributed by atoms with van der Waals surface area (Å²) in [6, 6.07) is 7.43. The van der Waals surface area contributed by atoms with Crippen molar-refractivity contribution in [1.82, 2.24) is 9.88 Å². The first-order valence-corrected chi connectivity index (χ1v) is 9.36. The first-order chi connectivity index (χ1) is 12.5. The lowest BCUT2D eigenvalue weighted by Gasteiger charge is -2.23. The minimum absolute atomic E-state index is 0.0229. The zero-order valence-electron chi connectivity index (χ0n) is 15.7. The van der Waals surface area contributed by atoms with Crippen molar-refractivity contribution in [3.63, 3.8) is 0 Å². The predicted octanol–water partition coefficient (Wildman–Crippen LogP) is 3.36. The number of rotatable bonds is 10. The summed E-state index contributed by atoms with van der Waals surface area (Å²) in [5, 5.41) is 2.85. The molecule has 1 amide bonds. The first kappa shape index (κ1) is 20.2. The van der Waals surface area contributed by atoms with E-state index in [1.807, 2.05) is 29.6 Å². The predicted molar refractivity (Wildman–Crippen MR) is 102 cm³/mol. The van der Waals surface area contributed by atoms with Crippen LogP contribution in [-0.4, -0.2) is 43.2 Å². The van der Waals surface area contributed by atoms with Gasteiger partial charge in [0.25, 0.3) is 0 Å². The number of thiazole rings is 1. The van der Waals surface area contributed by atoms with Crippen molar-refractivity contribution < 1.29 is 19.0 Å². The van der Waals surface area contributed by atoms with E-state index < -0.39 is 0 Å². The van der Waals surface area contributed by atoms with Crippen LogP contribution in [0, 0.1) is 5.92 Å². The molecule has 0 aliphatic carbocycles. The highest BCUT2D eigenvalue weighted by atomic mass is 32.1. The number of methoxy groups -OCH3 is 2. The van der Waals surface area contributed by atoms with Crippen molar-refractivity contribution in [2.45, 2.75) is 27.0 Å². The zero-order chi connectivity index (χ0) is 18.9. The van der Waals surface area contributed by atoms with Gasteiger partial charge in [-0.1, -0.05) is 13.8 Å². The first-order valence-electron chi connectivity index (χ1n) is 8.48. The van der Waals surface area contributed by atoms with Gasteiger partial charge >= 0.3 is 0 Å². The standard InChI is InChI=1S/C19H26N2O4S/c1-14(2)9-21(19(22)12-23-3)10-15-13-26-18(20-15)11-25-17-7-5-16(24-4)6-8-17/h5-8,13-14H,9-12H2,1-4H3. The molecule has 7 heteroatoms. The molecule has 142 valence electrons. The van der Waals surface area contributed by atoms with Crippen LogP contribution in [0.4, 0.5) is 0 Å². The molecule has 2 rings (SSSR count). The summed E-state index contributed by atoms with van der Waals surface area (Å²) in [7, 11) is 3.16. The van der Waals surface area contributed by atoms with Crippen LogP contribution in [0.1, 0.15) is 24.5 Å². The fourth-order valence-electron chi connectivity index (χ4n) is 2.41. The fraction of sp³-hybridized carbons (Fsp3) is 0.474. The molecular weight excluding hydrogens is 352 g/mol. The molecule has 1 heterocycles. The maximum Gasteiger partial charge on any atom is 0.248 e. The highest BCUT2D eigenvalue weighted by Gasteiger charge is 2.16. The number of amides is 1. The molecule has 0 fully saturated rings. The van der Waals surface area contributed by atoms with E-state index in [2.05, 4.69) is 18.8 Å². The molecule has 0 radical (unpaired) electrons. The molecular formula is C19H26N2O4S. The highest BCUT2D eigenvalue weighted by Crippen LogP contribution is 2.20. The summed E-state index contributed by atoms with van der Waals surface area (Å²) in [5.41, 5.74) is 0.869. The third-order valence-corrected chi connectivity index (χ3v) is 4.45. The molecule has 1 aromatic carbocycles. The zero-order valence-corrected chi connectivity index (χ0v) is 16.5. The summed E-state index contributed by atoms with van der Waals surface area (Å²) >= 11 is 1.53. The Morgan fingerprint density at radius 2 is 1.88 bits per heavy atom. The van der Waals surface area contributed by atoms with E-state index in [9.17, 15) is 4.79 Å². The quantitative estimate of drug-likeness (QED) is 0.634. The lowest BCUT2D eigenvalue weighted by molar-refractivity contribution is -0.136. The van der Waals surface area contributed by atoms with Crippen molar-refractivity contribution in [3.8, 4) is 11.5 Å². The van der Waals surface area contributed by atoms with Crippen LogP contribution >= 0.6 is 11.3 Å². The van der Waals surface area contributed by atoms with Gasteiger partial charge in [-0.2, -0.15) is 0 Å². The third-order valence-electron chi connectivity index (χ3n) is 3.58. The highest BCUT2D eigenvalue weighted by molar-refractivity contribution is 7.09. The number of hydrogen-bond acceptors (Lipinski definition) is 6. The van der Waals surface area contributed by atoms with Gasteiger partial charge in [-0.05, 0) is 30.2 Å². The van der Waals surface area contributed by atoms with Crippen LogP contribution < -0.4 is 9.47 Å². The topological polar surface area (TPSA) is 60.9 Å². The van der Waals surface area contributed by atoms with Gasteiger partial charge in [-0.15, -0.1) is 11.3 Å². The van der Waals surface area contributed by atoms with Gasteiger partial charge in [-0.3, -0.25) is 4.79 Å². The molecule has 0 N–H and O–H groups in total. The second kappa shape index (κ2) is 10.1. The smallest absolute Gasteiger partial charge is 0.248 e. The molecule has 0 unspecified atom stereocenters. The maximum atomic E-state index is 12.2. The van der Waals surface area contributed by atoms with E-state index in [0.717, 1.165) is 22.2 Å². The normalized spacial score (nSPS) is 10.8. The number of carbonyl (C=O) groups is 1. The summed E-state index contributed by atoms with van der Waals surface area (Å²) in [4.78, 5) is 18.6. The summed E-state index contributed by atoms with van der Waals surface area (Å²) in [5.74, 6) is 1.91. The molecule has 0 spiro atoms. The van der Waals surface area contributed by atoms with Crippen LogP contribution in [0.25, 0.3) is 0 Å². The molecule has 6 nitrogen and oxygen atoms in total. The number of hydrogen-bond donors (Lipinski definition) is 0. The Hall–Kier alpha value is -2.12. The maximum absolute atomic E-state index is 12.2. The van der Waals surface area contributed by atoms with Crippen molar-refractivity contribution in [1.29, 1.82) is 0 Å². The molecule has 0 atom stereocenters. The second-order valence-electron chi connectivity index (χ2n) is 6.30. The molecule has 0 aliphatic rings. The summed E-state index contributed by atoms with van der Waals surface area (Å²) in [6.45, 7) is 5.82. The van der Waals surface area contributed by atoms with Gasteiger partial charge in [0.15, 0.2) is 0 Å².